The lowest BCUT2D eigenvalue weighted by atomic mass is 10.2. The van der Waals surface area contributed by atoms with Crippen molar-refractivity contribution >= 4 is 11.7 Å². The lowest BCUT2D eigenvalue weighted by Crippen LogP contribution is -2.27. The zero-order valence-corrected chi connectivity index (χ0v) is 10.9. The van der Waals surface area contributed by atoms with Crippen LogP contribution in [0.3, 0.4) is 0 Å². The van der Waals surface area contributed by atoms with Gasteiger partial charge < -0.3 is 15.0 Å². The highest BCUT2D eigenvalue weighted by Crippen LogP contribution is 2.13. The second-order valence-corrected chi connectivity index (χ2v) is 4.33. The molecule has 0 amide bonds. The molecule has 0 aliphatic carbocycles. The summed E-state index contributed by atoms with van der Waals surface area (Å²) in [5.74, 6) is -0.261. The van der Waals surface area contributed by atoms with Crippen LogP contribution in [0.15, 0.2) is 24.3 Å². The molecule has 1 rings (SSSR count). The van der Waals surface area contributed by atoms with Crippen LogP contribution in [0.25, 0.3) is 0 Å². The molecule has 0 bridgehead atoms. The van der Waals surface area contributed by atoms with Gasteiger partial charge in [0.1, 0.15) is 6.04 Å². The fraction of sp³-hybridized carbons (Fsp3) is 0.462. The minimum atomic E-state index is -0.338. The van der Waals surface area contributed by atoms with Crippen molar-refractivity contribution in [3.63, 3.8) is 0 Å². The molecule has 0 aliphatic rings. The van der Waals surface area contributed by atoms with Crippen LogP contribution < -0.4 is 5.32 Å². The average molecular weight is 236 g/mol. The van der Waals surface area contributed by atoms with Gasteiger partial charge in [-0.1, -0.05) is 12.1 Å². The first-order chi connectivity index (χ1) is 8.02. The van der Waals surface area contributed by atoms with Gasteiger partial charge in [0.05, 0.1) is 7.11 Å². The molecule has 17 heavy (non-hydrogen) atoms. The first-order valence-electron chi connectivity index (χ1n) is 5.61. The summed E-state index contributed by atoms with van der Waals surface area (Å²) >= 11 is 0. The maximum absolute atomic E-state index is 11.3. The van der Waals surface area contributed by atoms with E-state index in [1.54, 1.807) is 6.92 Å². The van der Waals surface area contributed by atoms with E-state index in [-0.39, 0.29) is 12.0 Å². The van der Waals surface area contributed by atoms with E-state index in [0.717, 1.165) is 12.2 Å². The Morgan fingerprint density at radius 3 is 2.76 bits per heavy atom. The predicted octanol–water partition coefficient (Wildman–Crippen LogP) is 1.72. The number of hydrogen-bond donors (Lipinski definition) is 1. The van der Waals surface area contributed by atoms with E-state index in [2.05, 4.69) is 21.0 Å². The molecular weight excluding hydrogens is 216 g/mol. The van der Waals surface area contributed by atoms with Crippen molar-refractivity contribution in [2.24, 2.45) is 0 Å². The summed E-state index contributed by atoms with van der Waals surface area (Å²) in [6.07, 6.45) is 0. The van der Waals surface area contributed by atoms with Gasteiger partial charge in [0, 0.05) is 12.2 Å². The number of carbonyl (C=O) groups excluding carboxylic acids is 1. The van der Waals surface area contributed by atoms with Crippen LogP contribution in [-0.4, -0.2) is 38.1 Å². The van der Waals surface area contributed by atoms with Crippen LogP contribution in [0.5, 0.6) is 0 Å². The molecule has 0 heterocycles. The van der Waals surface area contributed by atoms with Crippen LogP contribution >= 0.6 is 0 Å². The summed E-state index contributed by atoms with van der Waals surface area (Å²) in [6, 6.07) is 7.69. The SMILES string of the molecule is COC(=O)C(C)Nc1cccc(CN(C)C)c1. The average Bonchev–Trinajstić information content (AvgIpc) is 2.27. The molecule has 0 spiro atoms. The van der Waals surface area contributed by atoms with Gasteiger partial charge in [-0.15, -0.1) is 0 Å². The molecule has 1 N–H and O–H groups in total. The Balaban J connectivity index is 2.68. The van der Waals surface area contributed by atoms with Crippen molar-refractivity contribution in [3.05, 3.63) is 29.8 Å². The van der Waals surface area contributed by atoms with Gasteiger partial charge >= 0.3 is 5.97 Å². The third kappa shape index (κ3) is 4.44. The van der Waals surface area contributed by atoms with Crippen molar-refractivity contribution in [3.8, 4) is 0 Å². The summed E-state index contributed by atoms with van der Waals surface area (Å²) in [5, 5.41) is 3.11. The van der Waals surface area contributed by atoms with Gasteiger partial charge in [-0.2, -0.15) is 0 Å². The zero-order chi connectivity index (χ0) is 12.8. The molecule has 1 unspecified atom stereocenters. The topological polar surface area (TPSA) is 41.6 Å². The maximum Gasteiger partial charge on any atom is 0.327 e. The highest BCUT2D eigenvalue weighted by molar-refractivity contribution is 5.78. The van der Waals surface area contributed by atoms with E-state index in [4.69, 9.17) is 0 Å². The quantitative estimate of drug-likeness (QED) is 0.790. The monoisotopic (exact) mass is 236 g/mol. The van der Waals surface area contributed by atoms with Gasteiger partial charge in [0.15, 0.2) is 0 Å². The van der Waals surface area contributed by atoms with Crippen molar-refractivity contribution in [1.82, 2.24) is 4.90 Å². The molecule has 1 atom stereocenters. The Labute approximate surface area is 103 Å². The van der Waals surface area contributed by atoms with Crippen molar-refractivity contribution < 1.29 is 9.53 Å². The first kappa shape index (κ1) is 13.5. The standard InChI is InChI=1S/C13H20N2O2/c1-10(13(16)17-4)14-12-7-5-6-11(8-12)9-15(2)3/h5-8,10,14H,9H2,1-4H3. The summed E-state index contributed by atoms with van der Waals surface area (Å²) in [4.78, 5) is 13.4. The number of rotatable bonds is 5. The predicted molar refractivity (Wildman–Crippen MR) is 68.9 cm³/mol. The second-order valence-electron chi connectivity index (χ2n) is 4.33. The Bertz CT molecular complexity index is 377. The largest absolute Gasteiger partial charge is 0.467 e. The molecular formula is C13H20N2O2. The molecule has 4 heteroatoms. The summed E-state index contributed by atoms with van der Waals surface area (Å²) in [6.45, 7) is 2.66. The van der Waals surface area contributed by atoms with Gasteiger partial charge in [-0.25, -0.2) is 4.79 Å². The third-order valence-corrected chi connectivity index (χ3v) is 2.36. The van der Waals surface area contributed by atoms with Crippen molar-refractivity contribution in [2.75, 3.05) is 26.5 Å². The normalized spacial score (nSPS) is 12.3. The molecule has 0 saturated carbocycles. The number of carbonyl (C=O) groups is 1. The zero-order valence-electron chi connectivity index (χ0n) is 10.9. The first-order valence-corrected chi connectivity index (χ1v) is 5.61. The minimum Gasteiger partial charge on any atom is -0.467 e. The lowest BCUT2D eigenvalue weighted by molar-refractivity contribution is -0.141. The van der Waals surface area contributed by atoms with E-state index in [1.807, 2.05) is 32.3 Å². The minimum absolute atomic E-state index is 0.261. The van der Waals surface area contributed by atoms with E-state index in [0.29, 0.717) is 0 Å². The lowest BCUT2D eigenvalue weighted by Gasteiger charge is -2.15. The van der Waals surface area contributed by atoms with Crippen LogP contribution in [0.1, 0.15) is 12.5 Å². The summed E-state index contributed by atoms with van der Waals surface area (Å²) in [7, 11) is 5.44. The molecule has 1 aromatic carbocycles. The fourth-order valence-corrected chi connectivity index (χ4v) is 1.61. The van der Waals surface area contributed by atoms with E-state index < -0.39 is 0 Å². The molecule has 4 nitrogen and oxygen atoms in total. The van der Waals surface area contributed by atoms with Gasteiger partial charge in [-0.3, -0.25) is 0 Å². The Morgan fingerprint density at radius 2 is 2.18 bits per heavy atom. The van der Waals surface area contributed by atoms with E-state index in [1.165, 1.54) is 12.7 Å². The van der Waals surface area contributed by atoms with Crippen molar-refractivity contribution in [1.29, 1.82) is 0 Å². The Morgan fingerprint density at radius 1 is 1.47 bits per heavy atom. The van der Waals surface area contributed by atoms with Crippen molar-refractivity contribution in [2.45, 2.75) is 19.5 Å². The smallest absolute Gasteiger partial charge is 0.327 e. The Hall–Kier alpha value is -1.55. The molecule has 94 valence electrons. The molecule has 0 fully saturated rings. The Kier molecular flexibility index (Phi) is 4.97. The summed E-state index contributed by atoms with van der Waals surface area (Å²) < 4.78 is 4.67. The maximum atomic E-state index is 11.3. The fourth-order valence-electron chi connectivity index (χ4n) is 1.61. The molecule has 0 aromatic heterocycles. The van der Waals surface area contributed by atoms with E-state index in [9.17, 15) is 4.79 Å². The number of anilines is 1. The number of nitrogens with zero attached hydrogens (tertiary/aromatic N) is 1. The van der Waals surface area contributed by atoms with Gasteiger partial charge in [-0.05, 0) is 38.7 Å². The summed E-state index contributed by atoms with van der Waals surface area (Å²) in [5.41, 5.74) is 2.14. The molecule has 0 radical (unpaired) electrons. The molecule has 0 saturated heterocycles. The number of hydrogen-bond acceptors (Lipinski definition) is 4. The number of nitrogens with one attached hydrogen (secondary N) is 1. The number of esters is 1. The van der Waals surface area contributed by atoms with Crippen LogP contribution in [-0.2, 0) is 16.1 Å². The van der Waals surface area contributed by atoms with E-state index >= 15 is 0 Å². The van der Waals surface area contributed by atoms with Crippen LogP contribution in [0.2, 0.25) is 0 Å². The highest BCUT2D eigenvalue weighted by atomic mass is 16.5. The molecule has 1 aromatic rings. The second kappa shape index (κ2) is 6.25. The molecule has 0 aliphatic heterocycles. The van der Waals surface area contributed by atoms with Crippen LogP contribution in [0, 0.1) is 0 Å². The number of benzene rings is 1. The third-order valence-electron chi connectivity index (χ3n) is 2.36. The highest BCUT2D eigenvalue weighted by Gasteiger charge is 2.12. The van der Waals surface area contributed by atoms with Gasteiger partial charge in [0.2, 0.25) is 0 Å². The number of methoxy groups -OCH3 is 1. The number of ether oxygens (including phenoxy) is 1. The van der Waals surface area contributed by atoms with Crippen LogP contribution in [0.4, 0.5) is 5.69 Å². The van der Waals surface area contributed by atoms with Gasteiger partial charge in [0.25, 0.3) is 0 Å².